The maximum absolute atomic E-state index is 13.4. The number of rotatable bonds is 8. The van der Waals surface area contributed by atoms with Crippen molar-refractivity contribution in [2.24, 2.45) is 11.8 Å². The second kappa shape index (κ2) is 11.1. The van der Waals surface area contributed by atoms with Crippen molar-refractivity contribution in [2.75, 3.05) is 32.6 Å². The molecule has 0 spiro atoms. The molecule has 9 nitrogen and oxygen atoms in total. The lowest BCUT2D eigenvalue weighted by molar-refractivity contribution is 0.179. The van der Waals surface area contributed by atoms with Gasteiger partial charge in [-0.15, -0.1) is 5.10 Å². The van der Waals surface area contributed by atoms with Gasteiger partial charge in [-0.1, -0.05) is 0 Å². The fourth-order valence-corrected chi connectivity index (χ4v) is 8.23. The van der Waals surface area contributed by atoms with E-state index in [4.69, 9.17) is 9.47 Å². The smallest absolute Gasteiger partial charge is 0.214 e. The van der Waals surface area contributed by atoms with Crippen LogP contribution < -0.4 is 9.47 Å². The van der Waals surface area contributed by atoms with E-state index in [-0.39, 0.29) is 17.6 Å². The molecule has 0 radical (unpaired) electrons. The van der Waals surface area contributed by atoms with Gasteiger partial charge in [-0.05, 0) is 86.3 Å². The zero-order valence-electron chi connectivity index (χ0n) is 22.3. The molecule has 1 aliphatic carbocycles. The van der Waals surface area contributed by atoms with Gasteiger partial charge in [0.25, 0.3) is 0 Å². The Morgan fingerprint density at radius 3 is 2.59 bits per heavy atom. The van der Waals surface area contributed by atoms with Gasteiger partial charge < -0.3 is 14.5 Å². The average Bonchev–Trinajstić information content (AvgIpc) is 3.46. The monoisotopic (exact) mass is 549 g/mol. The minimum absolute atomic E-state index is 0.178. The zero-order valence-corrected chi connectivity index (χ0v) is 23.1. The summed E-state index contributed by atoms with van der Waals surface area (Å²) in [5.74, 6) is 2.51. The molecule has 10 heteroatoms. The van der Waals surface area contributed by atoms with Gasteiger partial charge in [0.2, 0.25) is 10.0 Å². The largest absolute Gasteiger partial charge is 0.497 e. The molecular formula is C29H35N5O4S. The molecule has 2 fully saturated rings. The first-order chi connectivity index (χ1) is 19.0. The first kappa shape index (κ1) is 26.0. The van der Waals surface area contributed by atoms with E-state index in [0.29, 0.717) is 25.6 Å². The van der Waals surface area contributed by atoms with Crippen LogP contribution in [0, 0.1) is 11.8 Å². The van der Waals surface area contributed by atoms with E-state index in [1.54, 1.807) is 17.6 Å². The van der Waals surface area contributed by atoms with E-state index in [1.807, 2.05) is 42.7 Å². The Morgan fingerprint density at radius 1 is 1.00 bits per heavy atom. The molecule has 206 valence electrons. The van der Waals surface area contributed by atoms with Crippen molar-refractivity contribution >= 4 is 32.0 Å². The fraction of sp³-hybridized carbons (Fsp3) is 0.483. The third kappa shape index (κ3) is 5.58. The van der Waals surface area contributed by atoms with Crippen molar-refractivity contribution in [3.05, 3.63) is 54.5 Å². The highest BCUT2D eigenvalue weighted by molar-refractivity contribution is 7.89. The first-order valence-corrected chi connectivity index (χ1v) is 15.4. The highest BCUT2D eigenvalue weighted by atomic mass is 32.2. The van der Waals surface area contributed by atoms with Crippen LogP contribution in [-0.2, 0) is 10.0 Å². The van der Waals surface area contributed by atoms with Crippen molar-refractivity contribution in [2.45, 2.75) is 44.4 Å². The van der Waals surface area contributed by atoms with E-state index in [1.165, 1.54) is 5.56 Å². The van der Waals surface area contributed by atoms with Crippen LogP contribution in [-0.4, -0.2) is 65.4 Å². The van der Waals surface area contributed by atoms with Crippen LogP contribution in [0.25, 0.3) is 21.9 Å². The quantitative estimate of drug-likeness (QED) is 0.333. The molecule has 4 heterocycles. The Hall–Kier alpha value is -3.24. The molecule has 1 aliphatic heterocycles. The van der Waals surface area contributed by atoms with Gasteiger partial charge in [0.15, 0.2) is 0 Å². The molecule has 1 aromatic carbocycles. The summed E-state index contributed by atoms with van der Waals surface area (Å²) in [6, 6.07) is 9.55. The first-order valence-electron chi connectivity index (χ1n) is 13.8. The Balaban J connectivity index is 1.05. The van der Waals surface area contributed by atoms with Crippen molar-refractivity contribution in [3.8, 4) is 11.5 Å². The number of piperidine rings is 1. The number of aromatic amines is 1. The SMILES string of the molecule is COc1ccc(OCC2CCCN(S(=O)(=O)CC3CCC(c4cnnc5cnc6[nH]ccc6c45)CC3)C2)cc1. The van der Waals surface area contributed by atoms with E-state index in [9.17, 15) is 8.42 Å². The van der Waals surface area contributed by atoms with E-state index in [2.05, 4.69) is 20.2 Å². The van der Waals surface area contributed by atoms with Crippen molar-refractivity contribution in [1.82, 2.24) is 24.5 Å². The number of sulfonamides is 1. The predicted octanol–water partition coefficient (Wildman–Crippen LogP) is 4.91. The van der Waals surface area contributed by atoms with Gasteiger partial charge in [-0.3, -0.25) is 0 Å². The highest BCUT2D eigenvalue weighted by Gasteiger charge is 2.33. The Morgan fingerprint density at radius 2 is 1.79 bits per heavy atom. The summed E-state index contributed by atoms with van der Waals surface area (Å²) in [4.78, 5) is 7.64. The van der Waals surface area contributed by atoms with Crippen LogP contribution >= 0.6 is 0 Å². The molecule has 4 aromatic rings. The molecule has 1 unspecified atom stereocenters. The predicted molar refractivity (Wildman–Crippen MR) is 150 cm³/mol. The van der Waals surface area contributed by atoms with Crippen LogP contribution in [0.15, 0.2) is 48.9 Å². The van der Waals surface area contributed by atoms with Crippen LogP contribution in [0.1, 0.15) is 50.0 Å². The van der Waals surface area contributed by atoms with Crippen LogP contribution in [0.4, 0.5) is 0 Å². The second-order valence-corrected chi connectivity index (χ2v) is 12.9. The van der Waals surface area contributed by atoms with E-state index >= 15 is 0 Å². The summed E-state index contributed by atoms with van der Waals surface area (Å²) in [5, 5.41) is 10.7. The molecule has 39 heavy (non-hydrogen) atoms. The molecule has 6 rings (SSSR count). The lowest BCUT2D eigenvalue weighted by Gasteiger charge is -2.34. The zero-order chi connectivity index (χ0) is 26.8. The number of benzene rings is 1. The second-order valence-electron chi connectivity index (χ2n) is 10.9. The van der Waals surface area contributed by atoms with Gasteiger partial charge in [-0.2, -0.15) is 5.10 Å². The summed E-state index contributed by atoms with van der Waals surface area (Å²) < 4.78 is 39.7. The number of nitrogens with zero attached hydrogens (tertiary/aromatic N) is 4. The maximum atomic E-state index is 13.4. The molecule has 1 saturated carbocycles. The standard InChI is InChI=1S/C29H35N5O4S/c1-37-23-8-10-24(11-9-23)38-18-21-3-2-14-34(17-21)39(35,36)19-20-4-6-22(7-5-20)26-15-32-33-27-16-31-29-25(28(26)27)12-13-30-29/h8-13,15-16,20-22H,2-7,14,17-19H2,1H3,(H,30,31). The normalized spacial score (nSPS) is 22.7. The van der Waals surface area contributed by atoms with Gasteiger partial charge in [0, 0.05) is 36.0 Å². The topological polar surface area (TPSA) is 110 Å². The summed E-state index contributed by atoms with van der Waals surface area (Å²) in [6.07, 6.45) is 11.1. The molecular weight excluding hydrogens is 514 g/mol. The number of ether oxygens (including phenoxy) is 2. The molecule has 0 amide bonds. The highest BCUT2D eigenvalue weighted by Crippen LogP contribution is 2.40. The van der Waals surface area contributed by atoms with Gasteiger partial charge >= 0.3 is 0 Å². The molecule has 1 atom stereocenters. The molecule has 2 aliphatic rings. The Bertz CT molecular complexity index is 1530. The summed E-state index contributed by atoms with van der Waals surface area (Å²) in [7, 11) is -1.68. The number of hydrogen-bond donors (Lipinski definition) is 1. The summed E-state index contributed by atoms with van der Waals surface area (Å²) in [5.41, 5.74) is 2.86. The van der Waals surface area contributed by atoms with E-state index < -0.39 is 10.0 Å². The summed E-state index contributed by atoms with van der Waals surface area (Å²) in [6.45, 7) is 1.65. The number of fused-ring (bicyclic) bond motifs is 3. The Labute approximate surface area is 229 Å². The molecule has 3 aromatic heterocycles. The van der Waals surface area contributed by atoms with Gasteiger partial charge in [-0.25, -0.2) is 17.7 Å². The van der Waals surface area contributed by atoms with Gasteiger partial charge in [0.1, 0.15) is 22.7 Å². The Kier molecular flexibility index (Phi) is 7.40. The van der Waals surface area contributed by atoms with Gasteiger partial charge in [0.05, 0.1) is 31.9 Å². The number of hydrogen-bond acceptors (Lipinski definition) is 7. The third-order valence-electron chi connectivity index (χ3n) is 8.37. The number of nitrogens with one attached hydrogen (secondary N) is 1. The van der Waals surface area contributed by atoms with Crippen molar-refractivity contribution in [1.29, 1.82) is 0 Å². The van der Waals surface area contributed by atoms with Crippen molar-refractivity contribution < 1.29 is 17.9 Å². The summed E-state index contributed by atoms with van der Waals surface area (Å²) >= 11 is 0. The lowest BCUT2D eigenvalue weighted by atomic mass is 9.79. The minimum atomic E-state index is -3.32. The number of H-pyrrole nitrogens is 1. The third-order valence-corrected chi connectivity index (χ3v) is 10.4. The number of methoxy groups -OCH3 is 1. The van der Waals surface area contributed by atoms with Crippen molar-refractivity contribution in [3.63, 3.8) is 0 Å². The fourth-order valence-electron chi connectivity index (χ4n) is 6.25. The molecule has 1 saturated heterocycles. The number of pyridine rings is 1. The van der Waals surface area contributed by atoms with E-state index in [0.717, 1.165) is 72.0 Å². The van der Waals surface area contributed by atoms with Crippen LogP contribution in [0.3, 0.4) is 0 Å². The minimum Gasteiger partial charge on any atom is -0.497 e. The maximum Gasteiger partial charge on any atom is 0.214 e. The lowest BCUT2D eigenvalue weighted by Crippen LogP contribution is -2.43. The number of aromatic nitrogens is 4. The molecule has 0 bridgehead atoms. The molecule has 1 N–H and O–H groups in total. The van der Waals surface area contributed by atoms with Crippen LogP contribution in [0.5, 0.6) is 11.5 Å². The average molecular weight is 550 g/mol. The van der Waals surface area contributed by atoms with Crippen LogP contribution in [0.2, 0.25) is 0 Å².